The third-order valence-electron chi connectivity index (χ3n) is 1.58. The summed E-state index contributed by atoms with van der Waals surface area (Å²) in [6, 6.07) is 1.94. The highest BCUT2D eigenvalue weighted by molar-refractivity contribution is 6.17. The van der Waals surface area contributed by atoms with Gasteiger partial charge in [0.05, 0.1) is 12.1 Å². The third-order valence-corrected chi connectivity index (χ3v) is 1.86. The van der Waals surface area contributed by atoms with E-state index >= 15 is 0 Å². The molecule has 0 atom stereocenters. The molecule has 0 aromatic carbocycles. The fraction of sp³-hybridized carbons (Fsp3) is 0.556. The minimum Gasteiger partial charge on any atom is -0.469 e. The molecule has 0 aliphatic carbocycles. The Morgan fingerprint density at radius 1 is 1.55 bits per heavy atom. The van der Waals surface area contributed by atoms with Gasteiger partial charge in [0, 0.05) is 12.0 Å². The molecule has 0 saturated heterocycles. The van der Waals surface area contributed by atoms with Crippen LogP contribution in [0.15, 0.2) is 16.7 Å². The van der Waals surface area contributed by atoms with Crippen molar-refractivity contribution >= 4 is 11.6 Å². The lowest BCUT2D eigenvalue weighted by molar-refractivity contribution is 0.469. The molecule has 0 spiro atoms. The highest BCUT2D eigenvalue weighted by Crippen LogP contribution is 2.16. The zero-order valence-electron chi connectivity index (χ0n) is 6.93. The Morgan fingerprint density at radius 2 is 2.27 bits per heavy atom. The van der Waals surface area contributed by atoms with Crippen molar-refractivity contribution in [3.63, 3.8) is 0 Å². The number of hydrogen-bond donors (Lipinski definition) is 0. The molecule has 0 N–H and O–H groups in total. The SMILES string of the molecule is CC(C)Cc1occc1CCl. The van der Waals surface area contributed by atoms with Crippen molar-refractivity contribution in [1.29, 1.82) is 0 Å². The summed E-state index contributed by atoms with van der Waals surface area (Å²) in [7, 11) is 0. The molecule has 1 rings (SSSR count). The van der Waals surface area contributed by atoms with Gasteiger partial charge in [0.1, 0.15) is 5.76 Å². The van der Waals surface area contributed by atoms with Crippen molar-refractivity contribution in [2.24, 2.45) is 5.92 Å². The number of hydrogen-bond acceptors (Lipinski definition) is 1. The van der Waals surface area contributed by atoms with Crippen LogP contribution in [0.4, 0.5) is 0 Å². The number of halogens is 1. The topological polar surface area (TPSA) is 13.1 Å². The number of alkyl halides is 1. The monoisotopic (exact) mass is 172 g/mol. The highest BCUT2D eigenvalue weighted by Gasteiger charge is 2.06. The lowest BCUT2D eigenvalue weighted by Gasteiger charge is -2.01. The van der Waals surface area contributed by atoms with Gasteiger partial charge in [-0.05, 0) is 12.0 Å². The maximum atomic E-state index is 5.70. The van der Waals surface area contributed by atoms with Crippen LogP contribution in [0.2, 0.25) is 0 Å². The number of rotatable bonds is 3. The van der Waals surface area contributed by atoms with Crippen molar-refractivity contribution in [3.8, 4) is 0 Å². The highest BCUT2D eigenvalue weighted by atomic mass is 35.5. The summed E-state index contributed by atoms with van der Waals surface area (Å²) in [5.74, 6) is 2.22. The van der Waals surface area contributed by atoms with Crippen LogP contribution in [0.3, 0.4) is 0 Å². The van der Waals surface area contributed by atoms with Crippen molar-refractivity contribution in [2.45, 2.75) is 26.1 Å². The quantitative estimate of drug-likeness (QED) is 0.639. The second-order valence-electron chi connectivity index (χ2n) is 3.10. The van der Waals surface area contributed by atoms with Crippen molar-refractivity contribution in [3.05, 3.63) is 23.7 Å². The molecule has 0 fully saturated rings. The molecule has 2 heteroatoms. The first-order chi connectivity index (χ1) is 5.24. The summed E-state index contributed by atoms with van der Waals surface area (Å²) in [6.07, 6.45) is 2.68. The van der Waals surface area contributed by atoms with E-state index in [4.69, 9.17) is 16.0 Å². The van der Waals surface area contributed by atoms with Crippen LogP contribution in [0, 0.1) is 5.92 Å². The standard InChI is InChI=1S/C9H13ClO/c1-7(2)5-9-8(6-10)3-4-11-9/h3-4,7H,5-6H2,1-2H3. The van der Waals surface area contributed by atoms with Gasteiger partial charge in [-0.15, -0.1) is 11.6 Å². The molecule has 0 aliphatic heterocycles. The van der Waals surface area contributed by atoms with Gasteiger partial charge < -0.3 is 4.42 Å². The molecule has 0 radical (unpaired) electrons. The molecule has 0 aliphatic rings. The minimum absolute atomic E-state index is 0.554. The second kappa shape index (κ2) is 3.82. The first-order valence-corrected chi connectivity index (χ1v) is 4.38. The molecule has 0 amide bonds. The summed E-state index contributed by atoms with van der Waals surface area (Å²) in [5, 5.41) is 0. The van der Waals surface area contributed by atoms with E-state index in [1.165, 1.54) is 0 Å². The van der Waals surface area contributed by atoms with E-state index in [1.807, 2.05) is 6.07 Å². The summed E-state index contributed by atoms with van der Waals surface area (Å²) in [4.78, 5) is 0. The van der Waals surface area contributed by atoms with E-state index in [2.05, 4.69) is 13.8 Å². The van der Waals surface area contributed by atoms with E-state index in [0.29, 0.717) is 11.8 Å². The average Bonchev–Trinajstić information content (AvgIpc) is 2.34. The zero-order chi connectivity index (χ0) is 8.27. The van der Waals surface area contributed by atoms with Gasteiger partial charge in [-0.3, -0.25) is 0 Å². The first-order valence-electron chi connectivity index (χ1n) is 3.85. The largest absolute Gasteiger partial charge is 0.469 e. The average molecular weight is 173 g/mol. The van der Waals surface area contributed by atoms with Gasteiger partial charge in [0.25, 0.3) is 0 Å². The lowest BCUT2D eigenvalue weighted by Crippen LogP contribution is -1.94. The fourth-order valence-corrected chi connectivity index (χ4v) is 1.27. The summed E-state index contributed by atoms with van der Waals surface area (Å²) in [5.41, 5.74) is 1.13. The molecule has 1 heterocycles. The molecule has 1 aromatic rings. The molecule has 0 unspecified atom stereocenters. The predicted octanol–water partition coefficient (Wildman–Crippen LogP) is 3.22. The van der Waals surface area contributed by atoms with E-state index in [9.17, 15) is 0 Å². The molecule has 0 bridgehead atoms. The molecule has 1 nitrogen and oxygen atoms in total. The first kappa shape index (κ1) is 8.66. The minimum atomic E-state index is 0.554. The Balaban J connectivity index is 2.68. The van der Waals surface area contributed by atoms with Gasteiger partial charge >= 0.3 is 0 Å². The Morgan fingerprint density at radius 3 is 2.82 bits per heavy atom. The van der Waals surface area contributed by atoms with Gasteiger partial charge in [-0.2, -0.15) is 0 Å². The van der Waals surface area contributed by atoms with Crippen LogP contribution < -0.4 is 0 Å². The number of furan rings is 1. The van der Waals surface area contributed by atoms with Gasteiger partial charge in [0.2, 0.25) is 0 Å². The van der Waals surface area contributed by atoms with E-state index < -0.39 is 0 Å². The Hall–Kier alpha value is -0.430. The predicted molar refractivity (Wildman–Crippen MR) is 46.8 cm³/mol. The van der Waals surface area contributed by atoms with Gasteiger partial charge in [-0.25, -0.2) is 0 Å². The Kier molecular flexibility index (Phi) is 3.01. The summed E-state index contributed by atoms with van der Waals surface area (Å²) >= 11 is 5.70. The maximum Gasteiger partial charge on any atom is 0.108 e. The van der Waals surface area contributed by atoms with Crippen molar-refractivity contribution in [2.75, 3.05) is 0 Å². The van der Waals surface area contributed by atoms with E-state index in [-0.39, 0.29) is 0 Å². The van der Waals surface area contributed by atoms with E-state index in [0.717, 1.165) is 17.7 Å². The molecule has 0 saturated carbocycles. The van der Waals surface area contributed by atoms with E-state index in [1.54, 1.807) is 6.26 Å². The van der Waals surface area contributed by atoms with Crippen LogP contribution in [0.5, 0.6) is 0 Å². The van der Waals surface area contributed by atoms with Gasteiger partial charge in [0.15, 0.2) is 0 Å². The third kappa shape index (κ3) is 2.26. The summed E-state index contributed by atoms with van der Waals surface area (Å²) in [6.45, 7) is 4.33. The van der Waals surface area contributed by atoms with Crippen LogP contribution in [-0.2, 0) is 12.3 Å². The van der Waals surface area contributed by atoms with Crippen LogP contribution in [0.25, 0.3) is 0 Å². The molecule has 62 valence electrons. The van der Waals surface area contributed by atoms with Crippen LogP contribution in [-0.4, -0.2) is 0 Å². The van der Waals surface area contributed by atoms with Crippen LogP contribution in [0.1, 0.15) is 25.2 Å². The molecule has 11 heavy (non-hydrogen) atoms. The van der Waals surface area contributed by atoms with Crippen molar-refractivity contribution < 1.29 is 4.42 Å². The summed E-state index contributed by atoms with van der Waals surface area (Å²) < 4.78 is 5.28. The Bertz CT molecular complexity index is 215. The fourth-order valence-electron chi connectivity index (χ4n) is 1.04. The smallest absolute Gasteiger partial charge is 0.108 e. The Labute approximate surface area is 72.4 Å². The molecule has 1 aromatic heterocycles. The molecular formula is C9H13ClO. The normalized spacial score (nSPS) is 10.9. The molecular weight excluding hydrogens is 160 g/mol. The second-order valence-corrected chi connectivity index (χ2v) is 3.37. The maximum absolute atomic E-state index is 5.70. The van der Waals surface area contributed by atoms with Crippen molar-refractivity contribution in [1.82, 2.24) is 0 Å². The zero-order valence-corrected chi connectivity index (χ0v) is 7.69. The lowest BCUT2D eigenvalue weighted by atomic mass is 10.1. The van der Waals surface area contributed by atoms with Crippen LogP contribution >= 0.6 is 11.6 Å². The van der Waals surface area contributed by atoms with Gasteiger partial charge in [-0.1, -0.05) is 13.8 Å².